The van der Waals surface area contributed by atoms with Gasteiger partial charge in [-0.3, -0.25) is 4.68 Å². The van der Waals surface area contributed by atoms with E-state index in [2.05, 4.69) is 14.8 Å². The molecule has 0 saturated carbocycles. The number of halogens is 2. The van der Waals surface area contributed by atoms with Crippen LogP contribution in [0.15, 0.2) is 29.7 Å². The summed E-state index contributed by atoms with van der Waals surface area (Å²) >= 11 is 12.0. The summed E-state index contributed by atoms with van der Waals surface area (Å²) in [5.41, 5.74) is 0.646. The lowest BCUT2D eigenvalue weighted by Gasteiger charge is -2.15. The van der Waals surface area contributed by atoms with Gasteiger partial charge in [0.25, 0.3) is 0 Å². The Balaban J connectivity index is 2.18. The fourth-order valence-electron chi connectivity index (χ4n) is 1.75. The first kappa shape index (κ1) is 16.2. The third-order valence-corrected chi connectivity index (χ3v) is 5.20. The molecule has 2 rings (SSSR count). The molecule has 9 heteroatoms. The number of nitrogens with one attached hydrogen (secondary N) is 1. The molecule has 6 nitrogen and oxygen atoms in total. The van der Waals surface area contributed by atoms with Crippen molar-refractivity contribution in [3.05, 3.63) is 40.4 Å². The van der Waals surface area contributed by atoms with Crippen molar-refractivity contribution in [2.75, 3.05) is 0 Å². The number of nitrogens with zero attached hydrogens (tertiary/aromatic N) is 3. The largest absolute Gasteiger partial charge is 0.251 e. The molecule has 0 aliphatic rings. The van der Waals surface area contributed by atoms with Gasteiger partial charge in [-0.2, -0.15) is 5.10 Å². The number of rotatable bonds is 5. The molecule has 0 aliphatic heterocycles. The highest BCUT2D eigenvalue weighted by Crippen LogP contribution is 2.27. The summed E-state index contributed by atoms with van der Waals surface area (Å²) in [5.74, 6) is 0. The van der Waals surface area contributed by atoms with Crippen molar-refractivity contribution >= 4 is 33.2 Å². The molecule has 1 aromatic carbocycles. The van der Waals surface area contributed by atoms with Crippen molar-refractivity contribution in [2.45, 2.75) is 31.3 Å². The first-order valence-electron chi connectivity index (χ1n) is 6.10. The summed E-state index contributed by atoms with van der Waals surface area (Å²) in [6.07, 6.45) is 2.91. The second-order valence-electron chi connectivity index (χ2n) is 4.65. The van der Waals surface area contributed by atoms with Gasteiger partial charge in [0, 0.05) is 16.1 Å². The van der Waals surface area contributed by atoms with Crippen molar-refractivity contribution in [1.29, 1.82) is 0 Å². The van der Waals surface area contributed by atoms with Gasteiger partial charge in [-0.05, 0) is 31.5 Å². The lowest BCUT2D eigenvalue weighted by Crippen LogP contribution is -2.35. The van der Waals surface area contributed by atoms with Gasteiger partial charge in [0.15, 0.2) is 0 Å². The maximum Gasteiger partial charge on any atom is 0.240 e. The molecule has 0 saturated heterocycles. The molecule has 1 heterocycles. The molecule has 21 heavy (non-hydrogen) atoms. The molecule has 0 radical (unpaired) electrons. The molecule has 0 bridgehead atoms. The minimum Gasteiger partial charge on any atom is -0.251 e. The molecule has 1 N–H and O–H groups in total. The average Bonchev–Trinajstić information content (AvgIpc) is 2.87. The number of hydrogen-bond acceptors (Lipinski definition) is 4. The van der Waals surface area contributed by atoms with E-state index in [4.69, 9.17) is 23.2 Å². The van der Waals surface area contributed by atoms with E-state index < -0.39 is 10.0 Å². The summed E-state index contributed by atoms with van der Waals surface area (Å²) in [4.78, 5) is 3.84. The Morgan fingerprint density at radius 1 is 1.33 bits per heavy atom. The van der Waals surface area contributed by atoms with Gasteiger partial charge < -0.3 is 0 Å². The van der Waals surface area contributed by atoms with E-state index in [1.165, 1.54) is 24.8 Å². The molecular weight excluding hydrogens is 335 g/mol. The molecule has 114 valence electrons. The second kappa shape index (κ2) is 6.31. The van der Waals surface area contributed by atoms with Crippen molar-refractivity contribution in [3.63, 3.8) is 0 Å². The van der Waals surface area contributed by atoms with Gasteiger partial charge in [0.1, 0.15) is 12.7 Å². The van der Waals surface area contributed by atoms with Crippen LogP contribution in [0.3, 0.4) is 0 Å². The van der Waals surface area contributed by atoms with Crippen molar-refractivity contribution in [2.24, 2.45) is 0 Å². The highest BCUT2D eigenvalue weighted by Gasteiger charge is 2.20. The van der Waals surface area contributed by atoms with Crippen LogP contribution in [-0.4, -0.2) is 29.2 Å². The summed E-state index contributed by atoms with van der Waals surface area (Å²) in [6, 6.07) is 2.40. The maximum absolute atomic E-state index is 12.3. The van der Waals surface area contributed by atoms with Gasteiger partial charge in [-0.1, -0.05) is 23.2 Å². The summed E-state index contributed by atoms with van der Waals surface area (Å²) in [7, 11) is -3.70. The second-order valence-corrected chi connectivity index (χ2v) is 7.18. The Kier molecular flexibility index (Phi) is 4.88. The molecular formula is C12H14Cl2N4O2S. The van der Waals surface area contributed by atoms with Crippen LogP contribution < -0.4 is 4.72 Å². The summed E-state index contributed by atoms with van der Waals surface area (Å²) < 4.78 is 28.7. The SMILES string of the molecule is Cc1c(Cl)cc(S(=O)(=O)N[C@H](C)Cn2cncn2)cc1Cl. The third kappa shape index (κ3) is 3.94. The van der Waals surface area contributed by atoms with Gasteiger partial charge >= 0.3 is 0 Å². The molecule has 0 aliphatic carbocycles. The van der Waals surface area contributed by atoms with E-state index in [9.17, 15) is 8.42 Å². The number of aromatic nitrogens is 3. The van der Waals surface area contributed by atoms with E-state index in [0.717, 1.165) is 0 Å². The van der Waals surface area contributed by atoms with Gasteiger partial charge in [-0.15, -0.1) is 0 Å². The average molecular weight is 349 g/mol. The first-order chi connectivity index (χ1) is 9.79. The minimum atomic E-state index is -3.70. The quantitative estimate of drug-likeness (QED) is 0.898. The number of sulfonamides is 1. The Hall–Kier alpha value is -1.15. The van der Waals surface area contributed by atoms with Crippen LogP contribution in [0.1, 0.15) is 12.5 Å². The zero-order valence-corrected chi connectivity index (χ0v) is 13.7. The van der Waals surface area contributed by atoms with Crippen molar-refractivity contribution in [3.8, 4) is 0 Å². The standard InChI is InChI=1S/C12H14Cl2N4O2S/c1-8(5-18-7-15-6-16-18)17-21(19,20)10-3-11(13)9(2)12(14)4-10/h3-4,6-8,17H,5H2,1-2H3/t8-/m1/s1. The lowest BCUT2D eigenvalue weighted by molar-refractivity contribution is 0.493. The Morgan fingerprint density at radius 3 is 2.48 bits per heavy atom. The first-order valence-corrected chi connectivity index (χ1v) is 8.34. The normalized spacial score (nSPS) is 13.3. The molecule has 1 aromatic heterocycles. The highest BCUT2D eigenvalue weighted by molar-refractivity contribution is 7.89. The Bertz CT molecular complexity index is 709. The van der Waals surface area contributed by atoms with Crippen LogP contribution in [-0.2, 0) is 16.6 Å². The van der Waals surface area contributed by atoms with E-state index in [0.29, 0.717) is 22.2 Å². The van der Waals surface area contributed by atoms with E-state index in [1.807, 2.05) is 0 Å². The molecule has 1 atom stereocenters. The number of benzene rings is 1. The zero-order chi connectivity index (χ0) is 15.6. The van der Waals surface area contributed by atoms with Gasteiger partial charge in [0.05, 0.1) is 11.4 Å². The van der Waals surface area contributed by atoms with Crippen LogP contribution in [0.25, 0.3) is 0 Å². The highest BCUT2D eigenvalue weighted by atomic mass is 35.5. The molecule has 0 amide bonds. The minimum absolute atomic E-state index is 0.0357. The predicted octanol–water partition coefficient (Wildman–Crippen LogP) is 2.26. The fraction of sp³-hybridized carbons (Fsp3) is 0.333. The van der Waals surface area contributed by atoms with Gasteiger partial charge in [0.2, 0.25) is 10.0 Å². The van der Waals surface area contributed by atoms with Crippen LogP contribution in [0, 0.1) is 6.92 Å². The smallest absolute Gasteiger partial charge is 0.240 e. The number of hydrogen-bond donors (Lipinski definition) is 1. The van der Waals surface area contributed by atoms with Crippen molar-refractivity contribution < 1.29 is 8.42 Å². The van der Waals surface area contributed by atoms with Crippen LogP contribution in [0.2, 0.25) is 10.0 Å². The maximum atomic E-state index is 12.3. The lowest BCUT2D eigenvalue weighted by atomic mass is 10.2. The monoisotopic (exact) mass is 348 g/mol. The molecule has 0 fully saturated rings. The van der Waals surface area contributed by atoms with E-state index in [-0.39, 0.29) is 10.9 Å². The summed E-state index contributed by atoms with van der Waals surface area (Å²) in [6.45, 7) is 3.82. The van der Waals surface area contributed by atoms with Crippen LogP contribution in [0.5, 0.6) is 0 Å². The molecule has 0 unspecified atom stereocenters. The molecule has 2 aromatic rings. The van der Waals surface area contributed by atoms with Gasteiger partial charge in [-0.25, -0.2) is 18.1 Å². The fourth-order valence-corrected chi connectivity index (χ4v) is 3.66. The summed E-state index contributed by atoms with van der Waals surface area (Å²) in [5, 5.41) is 4.55. The Morgan fingerprint density at radius 2 is 1.95 bits per heavy atom. The molecule has 0 spiro atoms. The predicted molar refractivity (Wildman–Crippen MR) is 81.0 cm³/mol. The van der Waals surface area contributed by atoms with E-state index >= 15 is 0 Å². The van der Waals surface area contributed by atoms with Crippen LogP contribution in [0.4, 0.5) is 0 Å². The topological polar surface area (TPSA) is 76.9 Å². The van der Waals surface area contributed by atoms with Crippen LogP contribution >= 0.6 is 23.2 Å². The zero-order valence-electron chi connectivity index (χ0n) is 11.4. The third-order valence-electron chi connectivity index (χ3n) is 2.85. The van der Waals surface area contributed by atoms with Crippen molar-refractivity contribution in [1.82, 2.24) is 19.5 Å². The Labute approximate surface area is 133 Å². The van der Waals surface area contributed by atoms with E-state index in [1.54, 1.807) is 18.5 Å².